The molecule has 75 heavy (non-hydrogen) atoms. The van der Waals surface area contributed by atoms with Crippen LogP contribution in [0.15, 0.2) is 79.4 Å². The molecule has 0 saturated heterocycles. The van der Waals surface area contributed by atoms with Gasteiger partial charge in [0.2, 0.25) is 0 Å². The predicted octanol–water partition coefficient (Wildman–Crippen LogP) is 9.93. The first-order valence-corrected chi connectivity index (χ1v) is 25.5. The first kappa shape index (κ1) is 61.5. The maximum absolute atomic E-state index is 11.9. The molecular formula is C57H80N12O6. The number of amides is 2. The van der Waals surface area contributed by atoms with E-state index in [0.717, 1.165) is 101 Å². The number of methoxy groups -OCH3 is 2. The lowest BCUT2D eigenvalue weighted by Gasteiger charge is -2.12. The van der Waals surface area contributed by atoms with Crippen molar-refractivity contribution in [1.82, 2.24) is 44.7 Å². The van der Waals surface area contributed by atoms with Crippen molar-refractivity contribution in [3.8, 4) is 11.3 Å². The van der Waals surface area contributed by atoms with Crippen LogP contribution in [0.3, 0.4) is 0 Å². The van der Waals surface area contributed by atoms with Gasteiger partial charge in [0, 0.05) is 112 Å². The zero-order chi connectivity index (χ0) is 55.6. The largest absolute Gasteiger partial charge is 0.465 e. The molecule has 7 rings (SSSR count). The molecule has 4 N–H and O–H groups in total. The summed E-state index contributed by atoms with van der Waals surface area (Å²) >= 11 is 0. The summed E-state index contributed by atoms with van der Waals surface area (Å²) in [5.41, 5.74) is 10.4. The molecule has 0 aromatic carbocycles. The number of anilines is 3. The Kier molecular flexibility index (Phi) is 26.0. The lowest BCUT2D eigenvalue weighted by Crippen LogP contribution is -2.22. The fourth-order valence-corrected chi connectivity index (χ4v) is 6.95. The third kappa shape index (κ3) is 20.2. The molecule has 6 heterocycles. The molecule has 2 amide bonds. The molecule has 6 aromatic rings. The van der Waals surface area contributed by atoms with Crippen molar-refractivity contribution in [1.29, 1.82) is 0 Å². The molecule has 0 spiro atoms. The van der Waals surface area contributed by atoms with Gasteiger partial charge < -0.3 is 40.2 Å². The average Bonchev–Trinajstić information content (AvgIpc) is 4.16. The van der Waals surface area contributed by atoms with Crippen LogP contribution in [0.1, 0.15) is 155 Å². The molecule has 18 nitrogen and oxygen atoms in total. The number of imidazole rings is 1. The molecule has 0 aliphatic heterocycles. The van der Waals surface area contributed by atoms with Gasteiger partial charge in [-0.25, -0.2) is 29.5 Å². The number of esters is 2. The van der Waals surface area contributed by atoms with Crippen LogP contribution in [-0.2, 0) is 35.2 Å². The fourth-order valence-electron chi connectivity index (χ4n) is 6.95. The highest BCUT2D eigenvalue weighted by Crippen LogP contribution is 2.39. The minimum Gasteiger partial charge on any atom is -0.465 e. The summed E-state index contributed by atoms with van der Waals surface area (Å²) in [5, 5.41) is 8.98. The van der Waals surface area contributed by atoms with Gasteiger partial charge in [0.1, 0.15) is 17.5 Å². The lowest BCUT2D eigenvalue weighted by molar-refractivity contribution is 0.0591. The highest BCUT2D eigenvalue weighted by molar-refractivity contribution is 5.95. The van der Waals surface area contributed by atoms with Gasteiger partial charge in [-0.3, -0.25) is 19.6 Å². The predicted molar refractivity (Wildman–Crippen MR) is 299 cm³/mol. The fraction of sp³-hybridized carbons (Fsp3) is 0.439. The van der Waals surface area contributed by atoms with Gasteiger partial charge in [-0.05, 0) is 112 Å². The minimum absolute atomic E-state index is 0.0154. The number of unbranched alkanes of at least 4 members (excludes halogenated alkanes) is 1. The Bertz CT molecular complexity index is 2720. The molecule has 1 saturated carbocycles. The lowest BCUT2D eigenvalue weighted by atomic mass is 10.1. The van der Waals surface area contributed by atoms with Gasteiger partial charge in [-0.2, -0.15) is 0 Å². The number of aromatic nitrogens is 7. The molecule has 404 valence electrons. The van der Waals surface area contributed by atoms with Crippen molar-refractivity contribution < 1.29 is 28.7 Å². The van der Waals surface area contributed by atoms with Gasteiger partial charge in [-0.15, -0.1) is 0 Å². The highest BCUT2D eigenvalue weighted by atomic mass is 16.5. The van der Waals surface area contributed by atoms with E-state index in [-0.39, 0.29) is 23.8 Å². The number of pyridine rings is 5. The van der Waals surface area contributed by atoms with Gasteiger partial charge in [0.05, 0.1) is 43.6 Å². The second kappa shape index (κ2) is 31.7. The summed E-state index contributed by atoms with van der Waals surface area (Å²) in [6.45, 7) is 12.3. The monoisotopic (exact) mass is 1030 g/mol. The zero-order valence-corrected chi connectivity index (χ0v) is 46.8. The number of aryl methyl sites for hydroxylation is 4. The normalized spacial score (nSPS) is 11.1. The average molecular weight is 1030 g/mol. The van der Waals surface area contributed by atoms with Crippen molar-refractivity contribution in [3.63, 3.8) is 0 Å². The first-order valence-electron chi connectivity index (χ1n) is 25.5. The molecule has 6 aromatic heterocycles. The smallest absolute Gasteiger partial charge is 0.337 e. The van der Waals surface area contributed by atoms with Crippen molar-refractivity contribution in [2.45, 2.75) is 105 Å². The van der Waals surface area contributed by atoms with Gasteiger partial charge >= 0.3 is 11.9 Å². The molecule has 1 fully saturated rings. The van der Waals surface area contributed by atoms with E-state index in [1.807, 2.05) is 66.2 Å². The van der Waals surface area contributed by atoms with Crippen LogP contribution in [0.4, 0.5) is 17.5 Å². The summed E-state index contributed by atoms with van der Waals surface area (Å²) in [4.78, 5) is 78.5. The van der Waals surface area contributed by atoms with Crippen molar-refractivity contribution in [2.75, 3.05) is 79.5 Å². The van der Waals surface area contributed by atoms with Crippen LogP contribution < -0.4 is 16.0 Å². The Morgan fingerprint density at radius 1 is 0.640 bits per heavy atom. The molecule has 1 aliphatic carbocycles. The second-order valence-electron chi connectivity index (χ2n) is 18.1. The van der Waals surface area contributed by atoms with Crippen LogP contribution in [0.5, 0.6) is 0 Å². The van der Waals surface area contributed by atoms with E-state index >= 15 is 0 Å². The Hall–Kier alpha value is -7.76. The van der Waals surface area contributed by atoms with Crippen LogP contribution in [-0.4, -0.2) is 132 Å². The maximum atomic E-state index is 11.9. The topological polar surface area (TPSA) is 222 Å². The van der Waals surface area contributed by atoms with E-state index in [9.17, 15) is 19.2 Å². The number of nitrogens with zero attached hydrogens (tertiary/aromatic N) is 8. The summed E-state index contributed by atoms with van der Waals surface area (Å²) in [7, 11) is 15.3. The SMILES string of the molecule is CCCCc1cc(C(=O)N(C)C)cc(NC)n1.CCc1cc(C(=O)OC)cc(C(C)C)n1.CCc1cc(C(=O)OC)cc(CC)n1.CNc1cc(-c2cnc[nH]2)ccn1.CNc1cc(C(=O)N(C)C)cc(C2CC2)n1. The van der Waals surface area contributed by atoms with Gasteiger partial charge in [0.15, 0.2) is 0 Å². The number of hydrogen-bond donors (Lipinski definition) is 4. The van der Waals surface area contributed by atoms with E-state index in [0.29, 0.717) is 34.1 Å². The van der Waals surface area contributed by atoms with Gasteiger partial charge in [0.25, 0.3) is 11.8 Å². The minimum atomic E-state index is -0.297. The van der Waals surface area contributed by atoms with Crippen LogP contribution >= 0.6 is 0 Å². The van der Waals surface area contributed by atoms with Crippen LogP contribution in [0, 0.1) is 0 Å². The summed E-state index contributed by atoms with van der Waals surface area (Å²) < 4.78 is 9.37. The molecule has 0 bridgehead atoms. The third-order valence-electron chi connectivity index (χ3n) is 11.5. The van der Waals surface area contributed by atoms with Gasteiger partial charge in [-0.1, -0.05) is 48.0 Å². The molecule has 0 radical (unpaired) electrons. The second-order valence-corrected chi connectivity index (χ2v) is 18.1. The number of hydrogen-bond acceptors (Lipinski definition) is 15. The van der Waals surface area contributed by atoms with Crippen molar-refractivity contribution in [3.05, 3.63) is 136 Å². The van der Waals surface area contributed by atoms with E-state index in [2.05, 4.69) is 76.3 Å². The number of H-pyrrole nitrogens is 1. The number of carbonyl (C=O) groups excluding carboxylic acids is 4. The molecular weight excluding hydrogens is 949 g/mol. The quantitative estimate of drug-likeness (QED) is 0.0662. The number of aromatic amines is 1. The van der Waals surface area contributed by atoms with Crippen molar-refractivity contribution >= 4 is 41.2 Å². The van der Waals surface area contributed by atoms with E-state index in [4.69, 9.17) is 4.74 Å². The molecule has 0 unspecified atom stereocenters. The number of nitrogens with one attached hydrogen (secondary N) is 4. The van der Waals surface area contributed by atoms with E-state index in [1.54, 1.807) is 93.1 Å². The highest BCUT2D eigenvalue weighted by Gasteiger charge is 2.26. The standard InChI is InChI=1S/C13H21N3O.C12H17N3O.C12H17NO2.C11H15NO2.C9H10N4/c1-5-6-7-11-8-10(13(17)16(3)4)9-12(14-2)15-11;1-13-11-7-9(12(16)15(2)3)6-10(14-11)8-4-5-8;1-5-10-6-9(12(14)15-4)7-11(13-10)8(2)3;1-4-9-6-8(11(13)14-3)7-10(5-2)12-9;1-10-9-4-7(2-3-12-9)8-5-11-6-13-8/h8-9H,5-7H2,1-4H3,(H,14,15);6-8H,4-5H2,1-3H3,(H,13,14);6-8H,5H2,1-4H3;6-7H,4-5H2,1-3H3;2-6H,1H3,(H,10,12)(H,11,13). The third-order valence-corrected chi connectivity index (χ3v) is 11.5. The van der Waals surface area contributed by atoms with E-state index < -0.39 is 0 Å². The van der Waals surface area contributed by atoms with Crippen LogP contribution in [0.25, 0.3) is 11.3 Å². The Labute approximate surface area is 444 Å². The Morgan fingerprint density at radius 3 is 1.60 bits per heavy atom. The zero-order valence-electron chi connectivity index (χ0n) is 46.8. The first-order chi connectivity index (χ1) is 35.9. The number of ether oxygens (including phenoxy) is 2. The maximum Gasteiger partial charge on any atom is 0.337 e. The molecule has 18 heteroatoms. The summed E-state index contributed by atoms with van der Waals surface area (Å²) in [6.07, 6.45) is 13.2. The Morgan fingerprint density at radius 2 is 1.15 bits per heavy atom. The molecule has 0 atom stereocenters. The Balaban J connectivity index is 0.000000248. The number of rotatable bonds is 16. The molecule has 1 aliphatic rings. The van der Waals surface area contributed by atoms with E-state index in [1.165, 1.54) is 27.1 Å². The summed E-state index contributed by atoms with van der Waals surface area (Å²) in [5.74, 6) is 2.71. The van der Waals surface area contributed by atoms with Crippen molar-refractivity contribution in [2.24, 2.45) is 0 Å². The number of carbonyl (C=O) groups is 4. The summed E-state index contributed by atoms with van der Waals surface area (Å²) in [6, 6.07) is 18.5. The van der Waals surface area contributed by atoms with Crippen LogP contribution in [0.2, 0.25) is 0 Å².